The number of benzene rings is 3. The number of nitrogens with zero attached hydrogens (tertiary/aromatic N) is 4. The third kappa shape index (κ3) is 7.98. The number of nitrogen functional groups attached to an aromatic ring is 1. The molecule has 4 atom stereocenters. The van der Waals surface area contributed by atoms with Crippen LogP contribution in [0.5, 0.6) is 0 Å². The Morgan fingerprint density at radius 3 is 2.57 bits per heavy atom. The van der Waals surface area contributed by atoms with E-state index in [0.717, 1.165) is 28.6 Å². The van der Waals surface area contributed by atoms with Crippen molar-refractivity contribution in [1.29, 1.82) is 0 Å². The van der Waals surface area contributed by atoms with Gasteiger partial charge in [0.15, 0.2) is 10.7 Å². The molecular weight excluding hydrogens is 731 g/mol. The highest BCUT2D eigenvalue weighted by molar-refractivity contribution is 9.10. The number of Topliss-reactive ketones (excluding diaryl/α,β-unsaturated/α-hetero) is 1. The molecule has 0 bridgehead atoms. The number of sulfonamides is 1. The smallest absolute Gasteiger partial charge is 0.289 e. The van der Waals surface area contributed by atoms with Gasteiger partial charge in [0.05, 0.1) is 28.5 Å². The fourth-order valence-corrected chi connectivity index (χ4v) is 7.77. The van der Waals surface area contributed by atoms with Crippen molar-refractivity contribution in [3.05, 3.63) is 110 Å². The van der Waals surface area contributed by atoms with Crippen LogP contribution in [0.4, 0.5) is 24.7 Å². The van der Waals surface area contributed by atoms with Crippen LogP contribution in [0, 0.1) is 21.7 Å². The molecule has 258 valence electrons. The van der Waals surface area contributed by atoms with Gasteiger partial charge in [-0.2, -0.15) is 0 Å². The van der Waals surface area contributed by atoms with Gasteiger partial charge in [-0.05, 0) is 61.2 Å². The molecule has 1 aliphatic carbocycles. The van der Waals surface area contributed by atoms with Gasteiger partial charge in [0.1, 0.15) is 29.3 Å². The summed E-state index contributed by atoms with van der Waals surface area (Å²) in [6.07, 6.45) is -0.739. The number of rotatable bonds is 11. The van der Waals surface area contributed by atoms with E-state index in [9.17, 15) is 37.2 Å². The molecule has 0 spiro atoms. The maximum atomic E-state index is 15.6. The van der Waals surface area contributed by atoms with Crippen LogP contribution in [0.1, 0.15) is 59.1 Å². The molecule has 3 aromatic carbocycles. The van der Waals surface area contributed by atoms with Crippen molar-refractivity contribution in [3.8, 4) is 11.3 Å². The number of halogens is 4. The first-order chi connectivity index (χ1) is 23.1. The summed E-state index contributed by atoms with van der Waals surface area (Å²) in [5.41, 5.74) is 6.07. The molecule has 0 amide bonds. The Morgan fingerprint density at radius 1 is 1.16 bits per heavy atom. The van der Waals surface area contributed by atoms with E-state index in [0.29, 0.717) is 16.6 Å². The first-order valence-corrected chi connectivity index (χ1v) is 17.3. The van der Waals surface area contributed by atoms with Crippen molar-refractivity contribution in [2.45, 2.75) is 54.7 Å². The summed E-state index contributed by atoms with van der Waals surface area (Å²) in [6.45, 7) is -0.410. The second-order valence-electron chi connectivity index (χ2n) is 11.9. The Hall–Kier alpha value is -4.25. The standard InChI is InChI=1S/C33H31BrF3N5O6S/c1-41(49(47,48)31-5-3-2-4-28(31)42(45)46)17-21(20-10-22(34)15-23(35)11-20)14-30(44)24-8-6-19(13-25(24)36)32-33(38)39-16-27(40-32)18-7-9-29(43)26(37)12-18/h2-6,8,10-11,13,15-16,18,21,26,29,43H,7,9,12,14,17H2,1H3,(H2,38,39)/t18-,21+,26-,29-/m0/s1. The molecule has 1 heterocycles. The lowest BCUT2D eigenvalue weighted by molar-refractivity contribution is -0.387. The molecule has 4 aromatic rings. The lowest BCUT2D eigenvalue weighted by Gasteiger charge is -2.28. The van der Waals surface area contributed by atoms with E-state index >= 15 is 4.39 Å². The molecule has 1 saturated carbocycles. The zero-order valence-electron chi connectivity index (χ0n) is 26.0. The van der Waals surface area contributed by atoms with Gasteiger partial charge in [-0.1, -0.05) is 34.1 Å². The molecular formula is C33H31BrF3N5O6S. The van der Waals surface area contributed by atoms with Crippen molar-refractivity contribution in [3.63, 3.8) is 0 Å². The van der Waals surface area contributed by atoms with Gasteiger partial charge in [0.2, 0.25) is 10.0 Å². The van der Waals surface area contributed by atoms with Gasteiger partial charge in [0, 0.05) is 48.0 Å². The van der Waals surface area contributed by atoms with Crippen molar-refractivity contribution in [1.82, 2.24) is 14.3 Å². The van der Waals surface area contributed by atoms with Crippen LogP contribution in [0.2, 0.25) is 0 Å². The van der Waals surface area contributed by atoms with E-state index in [1.165, 1.54) is 49.6 Å². The number of alkyl halides is 1. The number of carbonyl (C=O) groups excluding carboxylic acids is 1. The molecule has 3 N–H and O–H groups in total. The summed E-state index contributed by atoms with van der Waals surface area (Å²) in [5.74, 6) is -3.69. The predicted molar refractivity (Wildman–Crippen MR) is 178 cm³/mol. The molecule has 0 radical (unpaired) electrons. The normalized spacial score (nSPS) is 18.7. The van der Waals surface area contributed by atoms with E-state index in [4.69, 9.17) is 5.73 Å². The van der Waals surface area contributed by atoms with Crippen LogP contribution in [0.25, 0.3) is 11.3 Å². The summed E-state index contributed by atoms with van der Waals surface area (Å²) in [7, 11) is -3.29. The molecule has 1 aliphatic rings. The average Bonchev–Trinajstić information content (AvgIpc) is 3.05. The van der Waals surface area contributed by atoms with Gasteiger partial charge in [0.25, 0.3) is 5.69 Å². The van der Waals surface area contributed by atoms with Gasteiger partial charge >= 0.3 is 0 Å². The largest absolute Gasteiger partial charge is 0.390 e. The highest BCUT2D eigenvalue weighted by Crippen LogP contribution is 2.36. The monoisotopic (exact) mass is 761 g/mol. The first-order valence-electron chi connectivity index (χ1n) is 15.1. The van der Waals surface area contributed by atoms with Crippen LogP contribution in [-0.2, 0) is 10.0 Å². The number of ketones is 1. The van der Waals surface area contributed by atoms with Gasteiger partial charge < -0.3 is 10.8 Å². The van der Waals surface area contributed by atoms with E-state index in [1.54, 1.807) is 0 Å². The summed E-state index contributed by atoms with van der Waals surface area (Å²) in [5, 5.41) is 21.3. The van der Waals surface area contributed by atoms with Crippen molar-refractivity contribution >= 4 is 43.2 Å². The van der Waals surface area contributed by atoms with Crippen molar-refractivity contribution < 1.29 is 36.4 Å². The minimum absolute atomic E-state index is 0.0190. The van der Waals surface area contributed by atoms with Gasteiger partial charge in [-0.15, -0.1) is 0 Å². The number of hydrogen-bond donors (Lipinski definition) is 2. The SMILES string of the molecule is CN(C[C@@H](CC(=O)c1ccc(-c2nc([C@H]3CC[C@H](O)[C@@H](F)C3)cnc2N)cc1F)c1cc(F)cc(Br)c1)S(=O)(=O)c1ccccc1[N+](=O)[O-]. The summed E-state index contributed by atoms with van der Waals surface area (Å²) in [4.78, 5) is 32.4. The zero-order valence-corrected chi connectivity index (χ0v) is 28.4. The second kappa shape index (κ2) is 14.7. The molecule has 49 heavy (non-hydrogen) atoms. The quantitative estimate of drug-likeness (QED) is 0.101. The Balaban J connectivity index is 1.43. The summed E-state index contributed by atoms with van der Waals surface area (Å²) < 4.78 is 72.4. The lowest BCUT2D eigenvalue weighted by atomic mass is 9.84. The fraction of sp³-hybridized carbons (Fsp3) is 0.303. The predicted octanol–water partition coefficient (Wildman–Crippen LogP) is 6.32. The molecule has 1 fully saturated rings. The van der Waals surface area contributed by atoms with Gasteiger partial charge in [-0.3, -0.25) is 14.9 Å². The lowest BCUT2D eigenvalue weighted by Crippen LogP contribution is -2.32. The average molecular weight is 763 g/mol. The molecule has 0 aliphatic heterocycles. The highest BCUT2D eigenvalue weighted by Gasteiger charge is 2.33. The van der Waals surface area contributed by atoms with Crippen LogP contribution in [0.3, 0.4) is 0 Å². The van der Waals surface area contributed by atoms with Crippen molar-refractivity contribution in [2.24, 2.45) is 0 Å². The number of anilines is 1. The van der Waals surface area contributed by atoms with E-state index in [1.807, 2.05) is 0 Å². The summed E-state index contributed by atoms with van der Waals surface area (Å²) >= 11 is 3.20. The van der Waals surface area contributed by atoms with Crippen LogP contribution < -0.4 is 5.73 Å². The Labute approximate surface area is 288 Å². The third-order valence-corrected chi connectivity index (χ3v) is 10.9. The number of hydrogen-bond acceptors (Lipinski definition) is 9. The number of likely N-dealkylation sites (N-methyl/N-ethyl adjacent to an activating group) is 1. The molecule has 1 aromatic heterocycles. The van der Waals surface area contributed by atoms with E-state index < -0.39 is 74.1 Å². The maximum absolute atomic E-state index is 15.6. The van der Waals surface area contributed by atoms with Crippen LogP contribution in [0.15, 0.2) is 76.2 Å². The maximum Gasteiger partial charge on any atom is 0.289 e. The number of aromatic nitrogens is 2. The van der Waals surface area contributed by atoms with Gasteiger partial charge in [-0.25, -0.2) is 35.9 Å². The van der Waals surface area contributed by atoms with Crippen molar-refractivity contribution in [2.75, 3.05) is 19.3 Å². The number of nitro groups is 1. The minimum atomic E-state index is -4.46. The number of aliphatic hydroxyl groups is 1. The van der Waals surface area contributed by atoms with E-state index in [2.05, 4.69) is 25.9 Å². The third-order valence-electron chi connectivity index (χ3n) is 8.53. The summed E-state index contributed by atoms with van der Waals surface area (Å²) in [6, 6.07) is 12.3. The van der Waals surface area contributed by atoms with Crippen LogP contribution in [-0.4, -0.2) is 64.4 Å². The zero-order chi connectivity index (χ0) is 35.6. The Morgan fingerprint density at radius 2 is 1.90 bits per heavy atom. The van der Waals surface area contributed by atoms with Crippen LogP contribution >= 0.6 is 15.9 Å². The number of para-hydroxylation sites is 1. The molecule has 0 unspecified atom stereocenters. The fourth-order valence-electron chi connectivity index (χ4n) is 5.91. The first kappa shape index (κ1) is 36.0. The number of nitro benzene ring substituents is 1. The highest BCUT2D eigenvalue weighted by atomic mass is 79.9. The Kier molecular flexibility index (Phi) is 10.8. The molecule has 16 heteroatoms. The van der Waals surface area contributed by atoms with E-state index in [-0.39, 0.29) is 47.0 Å². The number of aliphatic hydroxyl groups excluding tert-OH is 1. The molecule has 5 rings (SSSR count). The molecule has 0 saturated heterocycles. The minimum Gasteiger partial charge on any atom is -0.390 e. The topological polar surface area (TPSA) is 170 Å². The molecule has 11 nitrogen and oxygen atoms in total. The Bertz CT molecular complexity index is 2000. The number of nitrogens with two attached hydrogens (primary N) is 1. The number of carbonyl (C=O) groups is 1. The second-order valence-corrected chi connectivity index (χ2v) is 14.8.